The molecular weight excluding hydrogens is 376 g/mol. The maximum Gasteiger partial charge on any atom is 0.0113 e. The van der Waals surface area contributed by atoms with Crippen molar-refractivity contribution >= 4 is 0 Å². The molecule has 0 heterocycles. The summed E-state index contributed by atoms with van der Waals surface area (Å²) in [5.74, 6) is 7.73. The normalized spacial score (nSPS) is 34.1. The molecule has 2 aliphatic rings. The van der Waals surface area contributed by atoms with E-state index in [-0.39, 0.29) is 0 Å². The summed E-state index contributed by atoms with van der Waals surface area (Å²) in [6, 6.07) is 0.953. The van der Waals surface area contributed by atoms with E-state index in [4.69, 9.17) is 5.73 Å². The first-order valence-corrected chi connectivity index (χ1v) is 14.1. The zero-order valence-corrected chi connectivity index (χ0v) is 22.5. The Hall–Kier alpha value is -0.0800. The van der Waals surface area contributed by atoms with Crippen molar-refractivity contribution in [2.24, 2.45) is 59.0 Å². The fraction of sp³-hybridized carbons (Fsp3) is 1.00. The van der Waals surface area contributed by atoms with Gasteiger partial charge in [0.25, 0.3) is 0 Å². The third-order valence-electron chi connectivity index (χ3n) is 9.62. The minimum Gasteiger partial charge on any atom is -0.328 e. The van der Waals surface area contributed by atoms with Crippen molar-refractivity contribution < 1.29 is 0 Å². The van der Waals surface area contributed by atoms with Gasteiger partial charge in [-0.3, -0.25) is 0 Å². The van der Waals surface area contributed by atoms with E-state index < -0.39 is 0 Å². The van der Waals surface area contributed by atoms with Crippen molar-refractivity contribution in [2.45, 2.75) is 125 Å². The van der Waals surface area contributed by atoms with Crippen LogP contribution in [0.1, 0.15) is 113 Å². The van der Waals surface area contributed by atoms with Gasteiger partial charge < -0.3 is 11.1 Å². The molecule has 184 valence electrons. The van der Waals surface area contributed by atoms with Gasteiger partial charge in [0.2, 0.25) is 0 Å². The van der Waals surface area contributed by atoms with E-state index in [9.17, 15) is 0 Å². The van der Waals surface area contributed by atoms with Crippen LogP contribution in [-0.4, -0.2) is 18.6 Å². The lowest BCUT2D eigenvalue weighted by Gasteiger charge is -2.35. The van der Waals surface area contributed by atoms with Crippen LogP contribution < -0.4 is 11.1 Å². The minimum absolute atomic E-state index is 0.341. The highest BCUT2D eigenvalue weighted by molar-refractivity contribution is 4.90. The maximum absolute atomic E-state index is 6.77. The Kier molecular flexibility index (Phi) is 11.4. The number of hydrogen-bond donors (Lipinski definition) is 2. The molecular formula is C29H58N2. The lowest BCUT2D eigenvalue weighted by Crippen LogP contribution is -2.42. The monoisotopic (exact) mass is 434 g/mol. The molecule has 0 aromatic rings. The standard InChI is InChI=1S/C29H58N2/c1-9-31-29(28-17-21(5)15-23(28)7)18-25(30)16-20(4)13-14-27(24(8)19(2)3)26-12-10-11-22(26)6/h19-29,31H,9-18,30H2,1-8H3/t20-,21?,22?,23?,24?,25?,26?,27?,28?,29?/m0/s1. The third kappa shape index (κ3) is 8.02. The Bertz CT molecular complexity index is 489. The summed E-state index contributed by atoms with van der Waals surface area (Å²) in [5, 5.41) is 3.82. The molecule has 31 heavy (non-hydrogen) atoms. The molecule has 10 atom stereocenters. The fourth-order valence-electron chi connectivity index (χ4n) is 7.54. The van der Waals surface area contributed by atoms with Crippen LogP contribution in [0.15, 0.2) is 0 Å². The van der Waals surface area contributed by atoms with E-state index in [1.165, 1.54) is 51.4 Å². The molecule has 0 aromatic heterocycles. The maximum atomic E-state index is 6.77. The van der Waals surface area contributed by atoms with Gasteiger partial charge in [-0.2, -0.15) is 0 Å². The average Bonchev–Trinajstić information content (AvgIpc) is 3.26. The van der Waals surface area contributed by atoms with E-state index in [2.05, 4.69) is 60.7 Å². The molecule has 2 saturated carbocycles. The number of rotatable bonds is 13. The van der Waals surface area contributed by atoms with Crippen LogP contribution in [0.25, 0.3) is 0 Å². The van der Waals surface area contributed by atoms with Crippen molar-refractivity contribution in [3.63, 3.8) is 0 Å². The molecule has 2 nitrogen and oxygen atoms in total. The molecule has 0 saturated heterocycles. The van der Waals surface area contributed by atoms with Crippen LogP contribution in [0, 0.1) is 53.3 Å². The first-order valence-electron chi connectivity index (χ1n) is 14.1. The number of hydrogen-bond acceptors (Lipinski definition) is 2. The van der Waals surface area contributed by atoms with Crippen molar-refractivity contribution in [3.8, 4) is 0 Å². The van der Waals surface area contributed by atoms with Crippen molar-refractivity contribution in [3.05, 3.63) is 0 Å². The number of nitrogens with two attached hydrogens (primary N) is 1. The largest absolute Gasteiger partial charge is 0.328 e. The summed E-state index contributed by atoms with van der Waals surface area (Å²) in [7, 11) is 0. The van der Waals surface area contributed by atoms with Crippen LogP contribution in [-0.2, 0) is 0 Å². The van der Waals surface area contributed by atoms with Gasteiger partial charge >= 0.3 is 0 Å². The molecule has 9 unspecified atom stereocenters. The Labute approximate surface area is 196 Å². The molecule has 2 heteroatoms. The van der Waals surface area contributed by atoms with Gasteiger partial charge in [0.1, 0.15) is 0 Å². The second-order valence-corrected chi connectivity index (χ2v) is 12.6. The van der Waals surface area contributed by atoms with Crippen LogP contribution in [0.3, 0.4) is 0 Å². The Balaban J connectivity index is 1.86. The molecule has 0 spiro atoms. The molecule has 2 aliphatic carbocycles. The van der Waals surface area contributed by atoms with Gasteiger partial charge in [-0.1, -0.05) is 74.7 Å². The average molecular weight is 435 g/mol. The van der Waals surface area contributed by atoms with Gasteiger partial charge in [-0.05, 0) is 98.3 Å². The summed E-state index contributed by atoms with van der Waals surface area (Å²) in [6.45, 7) is 20.6. The first-order chi connectivity index (χ1) is 14.6. The van der Waals surface area contributed by atoms with E-state index in [1.54, 1.807) is 0 Å². The summed E-state index contributed by atoms with van der Waals surface area (Å²) in [5.41, 5.74) is 6.77. The zero-order chi connectivity index (χ0) is 23.1. The van der Waals surface area contributed by atoms with Crippen LogP contribution >= 0.6 is 0 Å². The van der Waals surface area contributed by atoms with Crippen LogP contribution in [0.5, 0.6) is 0 Å². The topological polar surface area (TPSA) is 38.0 Å². The smallest absolute Gasteiger partial charge is 0.0113 e. The molecule has 0 radical (unpaired) electrons. The third-order valence-corrected chi connectivity index (χ3v) is 9.62. The Morgan fingerprint density at radius 3 is 2.10 bits per heavy atom. The van der Waals surface area contributed by atoms with Gasteiger partial charge in [0.05, 0.1) is 0 Å². The van der Waals surface area contributed by atoms with Crippen molar-refractivity contribution in [1.82, 2.24) is 5.32 Å². The highest BCUT2D eigenvalue weighted by atomic mass is 14.9. The van der Waals surface area contributed by atoms with Gasteiger partial charge in [0.15, 0.2) is 0 Å². The summed E-state index contributed by atoms with van der Waals surface area (Å²) in [6.07, 6.45) is 12.3. The first kappa shape index (κ1) is 27.2. The lowest BCUT2D eigenvalue weighted by molar-refractivity contribution is 0.143. The summed E-state index contributed by atoms with van der Waals surface area (Å²) in [4.78, 5) is 0. The van der Waals surface area contributed by atoms with E-state index in [0.717, 1.165) is 66.2 Å². The molecule has 0 bridgehead atoms. The van der Waals surface area contributed by atoms with Gasteiger partial charge in [0, 0.05) is 12.1 Å². The Morgan fingerprint density at radius 2 is 1.58 bits per heavy atom. The van der Waals surface area contributed by atoms with Crippen LogP contribution in [0.2, 0.25) is 0 Å². The highest BCUT2D eigenvalue weighted by Gasteiger charge is 2.36. The molecule has 0 aromatic carbocycles. The SMILES string of the molecule is CCNC(CC(N)C[C@@H](C)CCC(C(C)C(C)C)C1CCCC1C)C1CC(C)CC1C. The second-order valence-electron chi connectivity index (χ2n) is 12.6. The minimum atomic E-state index is 0.341. The van der Waals surface area contributed by atoms with E-state index in [1.807, 2.05) is 0 Å². The fourth-order valence-corrected chi connectivity index (χ4v) is 7.54. The van der Waals surface area contributed by atoms with E-state index >= 15 is 0 Å². The number of nitrogens with one attached hydrogen (secondary N) is 1. The van der Waals surface area contributed by atoms with Crippen molar-refractivity contribution in [2.75, 3.05) is 6.54 Å². The van der Waals surface area contributed by atoms with E-state index in [0.29, 0.717) is 12.1 Å². The lowest BCUT2D eigenvalue weighted by atomic mass is 9.70. The van der Waals surface area contributed by atoms with Crippen molar-refractivity contribution in [1.29, 1.82) is 0 Å². The van der Waals surface area contributed by atoms with Gasteiger partial charge in [-0.25, -0.2) is 0 Å². The Morgan fingerprint density at radius 1 is 0.871 bits per heavy atom. The summed E-state index contributed by atoms with van der Waals surface area (Å²) >= 11 is 0. The van der Waals surface area contributed by atoms with Crippen LogP contribution in [0.4, 0.5) is 0 Å². The summed E-state index contributed by atoms with van der Waals surface area (Å²) < 4.78 is 0. The second kappa shape index (κ2) is 13.0. The predicted molar refractivity (Wildman–Crippen MR) is 138 cm³/mol. The molecule has 2 rings (SSSR count). The highest BCUT2D eigenvalue weighted by Crippen LogP contribution is 2.44. The quantitative estimate of drug-likeness (QED) is 0.314. The molecule has 0 aliphatic heterocycles. The predicted octanol–water partition coefficient (Wildman–Crippen LogP) is 7.52. The molecule has 2 fully saturated rings. The molecule has 3 N–H and O–H groups in total. The zero-order valence-electron chi connectivity index (χ0n) is 22.5. The van der Waals surface area contributed by atoms with Gasteiger partial charge in [-0.15, -0.1) is 0 Å². The molecule has 0 amide bonds.